The molecule has 0 unspecified atom stereocenters. The van der Waals surface area contributed by atoms with Crippen molar-refractivity contribution in [3.05, 3.63) is 28.8 Å². The average Bonchev–Trinajstić information content (AvgIpc) is 2.30. The Morgan fingerprint density at radius 1 is 1.31 bits per heavy atom. The lowest BCUT2D eigenvalue weighted by molar-refractivity contribution is 0.304. The second-order valence-electron chi connectivity index (χ2n) is 3.66. The smallest absolute Gasteiger partial charge is 0.137 e. The van der Waals surface area contributed by atoms with Crippen molar-refractivity contribution in [2.75, 3.05) is 6.61 Å². The van der Waals surface area contributed by atoms with Crippen LogP contribution in [-0.2, 0) is 0 Å². The zero-order valence-corrected chi connectivity index (χ0v) is 10.3. The minimum absolute atomic E-state index is 0.503. The second kappa shape index (κ2) is 7.14. The minimum Gasteiger partial charge on any atom is -0.492 e. The molecule has 2 nitrogen and oxygen atoms in total. The van der Waals surface area contributed by atoms with Gasteiger partial charge in [0.05, 0.1) is 12.2 Å². The van der Waals surface area contributed by atoms with Crippen molar-refractivity contribution < 1.29 is 4.74 Å². The van der Waals surface area contributed by atoms with Crippen LogP contribution in [0.3, 0.4) is 0 Å². The van der Waals surface area contributed by atoms with E-state index in [9.17, 15) is 0 Å². The SMILES string of the molecule is CCCCCCOc1ccc(Cl)cc1C#N. The lowest BCUT2D eigenvalue weighted by Gasteiger charge is -2.07. The highest BCUT2D eigenvalue weighted by molar-refractivity contribution is 6.30. The predicted octanol–water partition coefficient (Wildman–Crippen LogP) is 4.17. The van der Waals surface area contributed by atoms with Crippen molar-refractivity contribution in [2.45, 2.75) is 32.6 Å². The molecular formula is C13H16ClNO. The molecular weight excluding hydrogens is 222 g/mol. The molecule has 1 aromatic rings. The van der Waals surface area contributed by atoms with Crippen LogP contribution in [0.4, 0.5) is 0 Å². The molecule has 0 spiro atoms. The van der Waals surface area contributed by atoms with Gasteiger partial charge in [-0.05, 0) is 24.6 Å². The Balaban J connectivity index is 2.45. The molecule has 0 amide bonds. The summed E-state index contributed by atoms with van der Waals surface area (Å²) in [6.07, 6.45) is 4.65. The van der Waals surface area contributed by atoms with Crippen molar-refractivity contribution in [1.29, 1.82) is 5.26 Å². The first-order valence-corrected chi connectivity index (χ1v) is 5.98. The van der Waals surface area contributed by atoms with Crippen molar-refractivity contribution >= 4 is 11.6 Å². The molecule has 0 aliphatic heterocycles. The molecule has 0 fully saturated rings. The number of hydrogen-bond donors (Lipinski definition) is 0. The molecule has 0 bridgehead atoms. The number of nitrogens with zero attached hydrogens (tertiary/aromatic N) is 1. The topological polar surface area (TPSA) is 33.0 Å². The molecule has 3 heteroatoms. The average molecular weight is 238 g/mol. The molecule has 1 aromatic carbocycles. The fourth-order valence-corrected chi connectivity index (χ4v) is 1.60. The van der Waals surface area contributed by atoms with Gasteiger partial charge in [-0.15, -0.1) is 0 Å². The van der Waals surface area contributed by atoms with Crippen LogP contribution in [-0.4, -0.2) is 6.61 Å². The summed E-state index contributed by atoms with van der Waals surface area (Å²) in [4.78, 5) is 0. The van der Waals surface area contributed by atoms with Crippen molar-refractivity contribution in [3.63, 3.8) is 0 Å². The van der Waals surface area contributed by atoms with Crippen LogP contribution in [0.1, 0.15) is 38.2 Å². The zero-order valence-electron chi connectivity index (χ0n) is 9.50. The van der Waals surface area contributed by atoms with Crippen LogP contribution in [0.2, 0.25) is 5.02 Å². The Morgan fingerprint density at radius 3 is 2.81 bits per heavy atom. The van der Waals surface area contributed by atoms with E-state index in [0.29, 0.717) is 22.9 Å². The first-order valence-electron chi connectivity index (χ1n) is 5.60. The third kappa shape index (κ3) is 4.12. The highest BCUT2D eigenvalue weighted by atomic mass is 35.5. The highest BCUT2D eigenvalue weighted by Crippen LogP contribution is 2.22. The maximum Gasteiger partial charge on any atom is 0.137 e. The van der Waals surface area contributed by atoms with Gasteiger partial charge in [0.2, 0.25) is 0 Å². The molecule has 0 aliphatic carbocycles. The standard InChI is InChI=1S/C13H16ClNO/c1-2-3-4-5-8-16-13-7-6-12(14)9-11(13)10-15/h6-7,9H,2-5,8H2,1H3. The largest absolute Gasteiger partial charge is 0.492 e. The molecule has 0 atom stereocenters. The molecule has 0 radical (unpaired) electrons. The van der Waals surface area contributed by atoms with Gasteiger partial charge in [-0.3, -0.25) is 0 Å². The Hall–Kier alpha value is -1.20. The normalized spacial score (nSPS) is 9.81. The van der Waals surface area contributed by atoms with Crippen LogP contribution in [0.5, 0.6) is 5.75 Å². The maximum absolute atomic E-state index is 8.89. The summed E-state index contributed by atoms with van der Waals surface area (Å²) in [6.45, 7) is 2.84. The lowest BCUT2D eigenvalue weighted by atomic mass is 10.2. The third-order valence-electron chi connectivity index (χ3n) is 2.32. The quantitative estimate of drug-likeness (QED) is 0.696. The fourth-order valence-electron chi connectivity index (χ4n) is 1.43. The van der Waals surface area contributed by atoms with E-state index in [1.165, 1.54) is 19.3 Å². The summed E-state index contributed by atoms with van der Waals surface area (Å²) in [5.74, 6) is 0.628. The third-order valence-corrected chi connectivity index (χ3v) is 2.55. The molecule has 0 saturated carbocycles. The number of hydrogen-bond acceptors (Lipinski definition) is 2. The minimum atomic E-state index is 0.503. The fraction of sp³-hybridized carbons (Fsp3) is 0.462. The Morgan fingerprint density at radius 2 is 2.12 bits per heavy atom. The van der Waals surface area contributed by atoms with Crippen molar-refractivity contribution in [2.24, 2.45) is 0 Å². The van der Waals surface area contributed by atoms with E-state index in [1.807, 2.05) is 0 Å². The van der Waals surface area contributed by atoms with E-state index >= 15 is 0 Å². The highest BCUT2D eigenvalue weighted by Gasteiger charge is 2.03. The van der Waals surface area contributed by atoms with Gasteiger partial charge < -0.3 is 4.74 Å². The van der Waals surface area contributed by atoms with Gasteiger partial charge >= 0.3 is 0 Å². The van der Waals surface area contributed by atoms with Crippen LogP contribution >= 0.6 is 11.6 Å². The molecule has 0 saturated heterocycles. The number of rotatable bonds is 6. The zero-order chi connectivity index (χ0) is 11.8. The van der Waals surface area contributed by atoms with E-state index in [4.69, 9.17) is 21.6 Å². The summed E-state index contributed by atoms with van der Waals surface area (Å²) in [7, 11) is 0. The molecule has 16 heavy (non-hydrogen) atoms. The van der Waals surface area contributed by atoms with E-state index in [1.54, 1.807) is 18.2 Å². The summed E-state index contributed by atoms with van der Waals surface area (Å²) >= 11 is 5.79. The Kier molecular flexibility index (Phi) is 5.74. The van der Waals surface area contributed by atoms with Crippen LogP contribution in [0, 0.1) is 11.3 Å². The number of unbranched alkanes of at least 4 members (excludes halogenated alkanes) is 3. The monoisotopic (exact) mass is 237 g/mol. The van der Waals surface area contributed by atoms with Gasteiger partial charge in [0.1, 0.15) is 11.8 Å². The van der Waals surface area contributed by atoms with Gasteiger partial charge in [0.15, 0.2) is 0 Å². The summed E-state index contributed by atoms with van der Waals surface area (Å²) in [5, 5.41) is 9.46. The molecule has 0 heterocycles. The van der Waals surface area contributed by atoms with Crippen molar-refractivity contribution in [1.82, 2.24) is 0 Å². The van der Waals surface area contributed by atoms with Crippen LogP contribution < -0.4 is 4.74 Å². The Bertz CT molecular complexity index is 371. The van der Waals surface area contributed by atoms with Crippen molar-refractivity contribution in [3.8, 4) is 11.8 Å². The number of benzene rings is 1. The maximum atomic E-state index is 8.89. The molecule has 0 aromatic heterocycles. The predicted molar refractivity (Wildman–Crippen MR) is 65.8 cm³/mol. The van der Waals surface area contributed by atoms with Gasteiger partial charge in [-0.2, -0.15) is 5.26 Å². The number of halogens is 1. The van der Waals surface area contributed by atoms with Gasteiger partial charge in [-0.25, -0.2) is 0 Å². The van der Waals surface area contributed by atoms with E-state index < -0.39 is 0 Å². The number of nitriles is 1. The van der Waals surface area contributed by atoms with Crippen LogP contribution in [0.15, 0.2) is 18.2 Å². The lowest BCUT2D eigenvalue weighted by Crippen LogP contribution is -1.98. The van der Waals surface area contributed by atoms with E-state index in [2.05, 4.69) is 13.0 Å². The van der Waals surface area contributed by atoms with E-state index in [-0.39, 0.29) is 0 Å². The first kappa shape index (κ1) is 12.9. The number of ether oxygens (including phenoxy) is 1. The van der Waals surface area contributed by atoms with E-state index in [0.717, 1.165) is 6.42 Å². The Labute approximate surface area is 102 Å². The summed E-state index contributed by atoms with van der Waals surface area (Å²) in [6, 6.07) is 7.20. The molecule has 0 aliphatic rings. The molecule has 86 valence electrons. The summed E-state index contributed by atoms with van der Waals surface area (Å²) < 4.78 is 5.55. The first-order chi connectivity index (χ1) is 7.77. The summed E-state index contributed by atoms with van der Waals surface area (Å²) in [5.41, 5.74) is 0.503. The van der Waals surface area contributed by atoms with Gasteiger partial charge in [0, 0.05) is 5.02 Å². The van der Waals surface area contributed by atoms with Crippen LogP contribution in [0.25, 0.3) is 0 Å². The molecule has 0 N–H and O–H groups in total. The second-order valence-corrected chi connectivity index (χ2v) is 4.10. The molecule has 1 rings (SSSR count). The van der Waals surface area contributed by atoms with Gasteiger partial charge in [-0.1, -0.05) is 37.8 Å². The van der Waals surface area contributed by atoms with Gasteiger partial charge in [0.25, 0.3) is 0 Å².